The van der Waals surface area contributed by atoms with E-state index in [1.165, 1.54) is 0 Å². The second-order valence-electron chi connectivity index (χ2n) is 5.17. The largest absolute Gasteiger partial charge is 0.390 e. The molecule has 1 aliphatic rings. The quantitative estimate of drug-likeness (QED) is 0.819. The van der Waals surface area contributed by atoms with Crippen LogP contribution in [0.5, 0.6) is 0 Å². The van der Waals surface area contributed by atoms with Crippen LogP contribution in [0.4, 0.5) is 5.69 Å². The summed E-state index contributed by atoms with van der Waals surface area (Å²) in [6.45, 7) is 4.82. The first-order chi connectivity index (χ1) is 8.09. The van der Waals surface area contributed by atoms with Crippen LogP contribution in [0.15, 0.2) is 30.3 Å². The van der Waals surface area contributed by atoms with Crippen LogP contribution in [-0.4, -0.2) is 35.0 Å². The summed E-state index contributed by atoms with van der Waals surface area (Å²) in [5.41, 5.74) is 1.12. The lowest BCUT2D eigenvalue weighted by atomic mass is 9.89. The van der Waals surface area contributed by atoms with Crippen LogP contribution in [0.25, 0.3) is 0 Å². The SMILES string of the molecule is CC(C)C1CC(O)C(O)CN1c1ccccc1. The van der Waals surface area contributed by atoms with E-state index in [-0.39, 0.29) is 6.04 Å². The number of β-amino-alcohol motifs (C(OH)–C–C–N with tert-alkyl or cyclic N) is 1. The molecule has 2 N–H and O–H groups in total. The third kappa shape index (κ3) is 2.61. The van der Waals surface area contributed by atoms with Gasteiger partial charge in [-0.25, -0.2) is 0 Å². The highest BCUT2D eigenvalue weighted by atomic mass is 16.3. The van der Waals surface area contributed by atoms with Crippen LogP contribution in [0, 0.1) is 5.92 Å². The zero-order chi connectivity index (χ0) is 12.4. The molecule has 1 saturated heterocycles. The third-order valence-electron chi connectivity index (χ3n) is 3.57. The molecule has 1 aromatic rings. The molecular weight excluding hydrogens is 214 g/mol. The molecule has 2 rings (SSSR count). The van der Waals surface area contributed by atoms with Crippen molar-refractivity contribution in [1.29, 1.82) is 0 Å². The smallest absolute Gasteiger partial charge is 0.0974 e. The zero-order valence-electron chi connectivity index (χ0n) is 10.5. The van der Waals surface area contributed by atoms with Gasteiger partial charge in [-0.1, -0.05) is 32.0 Å². The summed E-state index contributed by atoms with van der Waals surface area (Å²) in [5, 5.41) is 19.6. The number of benzene rings is 1. The summed E-state index contributed by atoms with van der Waals surface area (Å²) in [5.74, 6) is 0.456. The van der Waals surface area contributed by atoms with Crippen LogP contribution >= 0.6 is 0 Å². The van der Waals surface area contributed by atoms with Crippen molar-refractivity contribution in [2.45, 2.75) is 38.5 Å². The Hall–Kier alpha value is -1.06. The molecule has 3 heteroatoms. The van der Waals surface area contributed by atoms with Crippen molar-refractivity contribution >= 4 is 5.69 Å². The highest BCUT2D eigenvalue weighted by Crippen LogP contribution is 2.28. The molecule has 3 nitrogen and oxygen atoms in total. The number of anilines is 1. The van der Waals surface area contributed by atoms with Gasteiger partial charge in [-0.2, -0.15) is 0 Å². The maximum absolute atomic E-state index is 9.82. The second-order valence-corrected chi connectivity index (χ2v) is 5.17. The molecule has 0 spiro atoms. The third-order valence-corrected chi connectivity index (χ3v) is 3.57. The van der Waals surface area contributed by atoms with Crippen LogP contribution in [-0.2, 0) is 0 Å². The van der Waals surface area contributed by atoms with Gasteiger partial charge in [0.1, 0.15) is 0 Å². The summed E-state index contributed by atoms with van der Waals surface area (Å²) in [6.07, 6.45) is -0.610. The van der Waals surface area contributed by atoms with Crippen molar-refractivity contribution in [3.8, 4) is 0 Å². The van der Waals surface area contributed by atoms with Crippen LogP contribution in [0.3, 0.4) is 0 Å². The van der Waals surface area contributed by atoms with Crippen molar-refractivity contribution in [3.63, 3.8) is 0 Å². The van der Waals surface area contributed by atoms with Gasteiger partial charge >= 0.3 is 0 Å². The molecule has 3 atom stereocenters. The topological polar surface area (TPSA) is 43.7 Å². The Morgan fingerprint density at radius 3 is 2.35 bits per heavy atom. The van der Waals surface area contributed by atoms with E-state index in [0.717, 1.165) is 5.69 Å². The van der Waals surface area contributed by atoms with Crippen molar-refractivity contribution in [2.75, 3.05) is 11.4 Å². The maximum atomic E-state index is 9.82. The molecule has 0 aliphatic carbocycles. The molecule has 1 aliphatic heterocycles. The highest BCUT2D eigenvalue weighted by molar-refractivity contribution is 5.48. The van der Waals surface area contributed by atoms with E-state index < -0.39 is 12.2 Å². The number of hydrogen-bond donors (Lipinski definition) is 2. The van der Waals surface area contributed by atoms with Gasteiger partial charge in [-0.15, -0.1) is 0 Å². The average molecular weight is 235 g/mol. The Morgan fingerprint density at radius 1 is 1.12 bits per heavy atom. The predicted octanol–water partition coefficient (Wildman–Crippen LogP) is 1.64. The first-order valence-corrected chi connectivity index (χ1v) is 6.27. The van der Waals surface area contributed by atoms with Crippen molar-refractivity contribution in [2.24, 2.45) is 5.92 Å². The second kappa shape index (κ2) is 5.07. The van der Waals surface area contributed by atoms with Crippen molar-refractivity contribution in [3.05, 3.63) is 30.3 Å². The molecular formula is C14H21NO2. The Bertz CT molecular complexity index is 352. The lowest BCUT2D eigenvalue weighted by Gasteiger charge is -2.44. The number of rotatable bonds is 2. The minimum absolute atomic E-state index is 0.288. The van der Waals surface area contributed by atoms with E-state index >= 15 is 0 Å². The summed E-state index contributed by atoms with van der Waals surface area (Å²) in [4.78, 5) is 2.21. The fraction of sp³-hybridized carbons (Fsp3) is 0.571. The van der Waals surface area contributed by atoms with Gasteiger partial charge in [-0.05, 0) is 24.5 Å². The summed E-state index contributed by atoms with van der Waals surface area (Å²) < 4.78 is 0. The van der Waals surface area contributed by atoms with Gasteiger partial charge in [0.15, 0.2) is 0 Å². The van der Waals surface area contributed by atoms with Crippen LogP contribution in [0.2, 0.25) is 0 Å². The zero-order valence-corrected chi connectivity index (χ0v) is 10.5. The predicted molar refractivity (Wildman–Crippen MR) is 69.0 cm³/mol. The molecule has 1 heterocycles. The highest BCUT2D eigenvalue weighted by Gasteiger charge is 2.34. The van der Waals surface area contributed by atoms with Crippen molar-refractivity contribution in [1.82, 2.24) is 0 Å². The molecule has 0 amide bonds. The lowest BCUT2D eigenvalue weighted by molar-refractivity contribution is -0.00672. The summed E-state index contributed by atoms with van der Waals surface area (Å²) in [7, 11) is 0. The van der Waals surface area contributed by atoms with E-state index in [1.54, 1.807) is 0 Å². The summed E-state index contributed by atoms with van der Waals surface area (Å²) >= 11 is 0. The molecule has 0 aromatic heterocycles. The standard InChI is InChI=1S/C14H21NO2/c1-10(2)12-8-13(16)14(17)9-15(12)11-6-4-3-5-7-11/h3-7,10,12-14,16-17H,8-9H2,1-2H3. The molecule has 0 saturated carbocycles. The first-order valence-electron chi connectivity index (χ1n) is 6.27. The van der Waals surface area contributed by atoms with Crippen molar-refractivity contribution < 1.29 is 10.2 Å². The number of piperidine rings is 1. The lowest BCUT2D eigenvalue weighted by Crippen LogP contribution is -2.54. The van der Waals surface area contributed by atoms with Gasteiger partial charge in [0.05, 0.1) is 12.2 Å². The Balaban J connectivity index is 2.23. The normalized spacial score (nSPS) is 29.7. The van der Waals surface area contributed by atoms with Crippen LogP contribution < -0.4 is 4.90 Å². The van der Waals surface area contributed by atoms with E-state index in [1.807, 2.05) is 18.2 Å². The number of para-hydroxylation sites is 1. The number of hydrogen-bond acceptors (Lipinski definition) is 3. The molecule has 17 heavy (non-hydrogen) atoms. The number of aliphatic hydroxyl groups excluding tert-OH is 2. The van der Waals surface area contributed by atoms with Gasteiger partial charge in [-0.3, -0.25) is 0 Å². The molecule has 94 valence electrons. The minimum Gasteiger partial charge on any atom is -0.390 e. The molecule has 1 fully saturated rings. The van der Waals surface area contributed by atoms with Gasteiger partial charge in [0.25, 0.3) is 0 Å². The van der Waals surface area contributed by atoms with E-state index in [2.05, 4.69) is 30.9 Å². The summed E-state index contributed by atoms with van der Waals surface area (Å²) in [6, 6.07) is 10.4. The molecule has 1 aromatic carbocycles. The van der Waals surface area contributed by atoms with E-state index in [0.29, 0.717) is 18.9 Å². The van der Waals surface area contributed by atoms with Gasteiger partial charge in [0.2, 0.25) is 0 Å². The minimum atomic E-state index is -0.648. The monoisotopic (exact) mass is 235 g/mol. The number of aliphatic hydroxyl groups is 2. The van der Waals surface area contributed by atoms with Crippen LogP contribution in [0.1, 0.15) is 20.3 Å². The van der Waals surface area contributed by atoms with Gasteiger partial charge in [0, 0.05) is 18.3 Å². The fourth-order valence-electron chi connectivity index (χ4n) is 2.54. The molecule has 3 unspecified atom stereocenters. The Kier molecular flexibility index (Phi) is 3.69. The first kappa shape index (κ1) is 12.4. The average Bonchev–Trinajstić information content (AvgIpc) is 2.33. The van der Waals surface area contributed by atoms with E-state index in [9.17, 15) is 10.2 Å². The maximum Gasteiger partial charge on any atom is 0.0974 e. The van der Waals surface area contributed by atoms with Gasteiger partial charge < -0.3 is 15.1 Å². The Morgan fingerprint density at radius 2 is 1.76 bits per heavy atom. The fourth-order valence-corrected chi connectivity index (χ4v) is 2.54. The molecule has 0 bridgehead atoms. The van der Waals surface area contributed by atoms with E-state index in [4.69, 9.17) is 0 Å². The number of nitrogens with zero attached hydrogens (tertiary/aromatic N) is 1. The molecule has 0 radical (unpaired) electrons. The Labute approximate surface area is 103 Å².